The van der Waals surface area contributed by atoms with E-state index in [2.05, 4.69) is 0 Å². The summed E-state index contributed by atoms with van der Waals surface area (Å²) in [6.45, 7) is 0.191. The Balaban J connectivity index is 1.77. The summed E-state index contributed by atoms with van der Waals surface area (Å²) in [5, 5.41) is 12.2. The molecule has 1 saturated carbocycles. The SMILES string of the molecule is COc1ccsc1C(=O)N(CC(O)c1ccc(F)cc1)C1CC1. The molecule has 1 aliphatic carbocycles. The molecule has 1 aromatic carbocycles. The fraction of sp³-hybridized carbons (Fsp3) is 0.353. The Morgan fingerprint density at radius 2 is 2.09 bits per heavy atom. The molecule has 0 radical (unpaired) electrons. The van der Waals surface area contributed by atoms with Gasteiger partial charge in [-0.05, 0) is 42.0 Å². The summed E-state index contributed by atoms with van der Waals surface area (Å²) in [7, 11) is 1.54. The molecular weight excluding hydrogens is 317 g/mol. The van der Waals surface area contributed by atoms with Gasteiger partial charge in [0.25, 0.3) is 5.91 Å². The monoisotopic (exact) mass is 335 g/mol. The fourth-order valence-electron chi connectivity index (χ4n) is 2.51. The number of amides is 1. The molecular formula is C17H18FNO3S. The third-order valence-electron chi connectivity index (χ3n) is 3.92. The molecule has 0 saturated heterocycles. The third kappa shape index (κ3) is 3.54. The number of thiophene rings is 1. The van der Waals surface area contributed by atoms with Crippen LogP contribution in [-0.4, -0.2) is 35.6 Å². The maximum absolute atomic E-state index is 13.0. The van der Waals surface area contributed by atoms with Gasteiger partial charge in [0.1, 0.15) is 16.4 Å². The first-order chi connectivity index (χ1) is 11.1. The van der Waals surface area contributed by atoms with E-state index in [-0.39, 0.29) is 24.3 Å². The summed E-state index contributed by atoms with van der Waals surface area (Å²) in [6.07, 6.45) is 1.04. The van der Waals surface area contributed by atoms with Crippen molar-refractivity contribution in [3.05, 3.63) is 52.0 Å². The van der Waals surface area contributed by atoms with Crippen molar-refractivity contribution in [3.63, 3.8) is 0 Å². The van der Waals surface area contributed by atoms with Crippen LogP contribution in [0.1, 0.15) is 34.2 Å². The summed E-state index contributed by atoms with van der Waals surface area (Å²) in [4.78, 5) is 15.0. The molecule has 1 unspecified atom stereocenters. The van der Waals surface area contributed by atoms with Gasteiger partial charge in [0.2, 0.25) is 0 Å². The number of ether oxygens (including phenoxy) is 1. The van der Waals surface area contributed by atoms with Crippen LogP contribution in [0.25, 0.3) is 0 Å². The predicted octanol–water partition coefficient (Wildman–Crippen LogP) is 3.23. The Bertz CT molecular complexity index is 681. The first kappa shape index (κ1) is 16.0. The number of methoxy groups -OCH3 is 1. The largest absolute Gasteiger partial charge is 0.495 e. The van der Waals surface area contributed by atoms with Crippen LogP contribution in [0.2, 0.25) is 0 Å². The number of benzene rings is 1. The quantitative estimate of drug-likeness (QED) is 0.882. The second-order valence-electron chi connectivity index (χ2n) is 5.57. The van der Waals surface area contributed by atoms with E-state index < -0.39 is 6.10 Å². The van der Waals surface area contributed by atoms with Gasteiger partial charge in [0.15, 0.2) is 0 Å². The molecule has 1 heterocycles. The average molecular weight is 335 g/mol. The minimum atomic E-state index is -0.842. The maximum Gasteiger partial charge on any atom is 0.268 e. The van der Waals surface area contributed by atoms with Crippen molar-refractivity contribution in [1.82, 2.24) is 4.90 Å². The van der Waals surface area contributed by atoms with Gasteiger partial charge >= 0.3 is 0 Å². The highest BCUT2D eigenvalue weighted by Crippen LogP contribution is 2.34. The molecule has 122 valence electrons. The van der Waals surface area contributed by atoms with Crippen molar-refractivity contribution in [2.45, 2.75) is 25.0 Å². The van der Waals surface area contributed by atoms with E-state index >= 15 is 0 Å². The smallest absolute Gasteiger partial charge is 0.268 e. The zero-order chi connectivity index (χ0) is 16.4. The van der Waals surface area contributed by atoms with Crippen LogP contribution in [0.5, 0.6) is 5.75 Å². The summed E-state index contributed by atoms with van der Waals surface area (Å²) in [5.41, 5.74) is 0.600. The second kappa shape index (κ2) is 6.68. The molecule has 1 N–H and O–H groups in total. The molecule has 4 nitrogen and oxygen atoms in total. The van der Waals surface area contributed by atoms with Crippen molar-refractivity contribution < 1.29 is 19.0 Å². The Labute approximate surface area is 138 Å². The lowest BCUT2D eigenvalue weighted by Crippen LogP contribution is -2.36. The Hall–Kier alpha value is -1.92. The van der Waals surface area contributed by atoms with Gasteiger partial charge in [0.05, 0.1) is 19.8 Å². The summed E-state index contributed by atoms with van der Waals surface area (Å²) in [6, 6.07) is 7.63. The molecule has 23 heavy (non-hydrogen) atoms. The standard InChI is InChI=1S/C17H18FNO3S/c1-22-15-8-9-23-16(15)17(21)19(13-6-7-13)10-14(20)11-2-4-12(18)5-3-11/h2-5,8-9,13-14,20H,6-7,10H2,1H3. The molecule has 1 amide bonds. The Morgan fingerprint density at radius 3 is 2.70 bits per heavy atom. The van der Waals surface area contributed by atoms with Crippen molar-refractivity contribution >= 4 is 17.2 Å². The van der Waals surface area contributed by atoms with Crippen molar-refractivity contribution in [3.8, 4) is 5.75 Å². The maximum atomic E-state index is 13.0. The number of nitrogens with zero attached hydrogens (tertiary/aromatic N) is 1. The molecule has 0 spiro atoms. The lowest BCUT2D eigenvalue weighted by Gasteiger charge is -2.25. The zero-order valence-electron chi connectivity index (χ0n) is 12.7. The van der Waals surface area contributed by atoms with Crippen molar-refractivity contribution in [1.29, 1.82) is 0 Å². The predicted molar refractivity (Wildman–Crippen MR) is 86.3 cm³/mol. The number of hydrogen-bond acceptors (Lipinski definition) is 4. The highest BCUT2D eigenvalue weighted by atomic mass is 32.1. The minimum Gasteiger partial charge on any atom is -0.495 e. The van der Waals surface area contributed by atoms with E-state index in [1.54, 1.807) is 23.1 Å². The molecule has 0 aliphatic heterocycles. The number of rotatable bonds is 6. The van der Waals surface area contributed by atoms with Gasteiger partial charge in [-0.25, -0.2) is 4.39 Å². The van der Waals surface area contributed by atoms with E-state index in [9.17, 15) is 14.3 Å². The highest BCUT2D eigenvalue weighted by Gasteiger charge is 2.35. The topological polar surface area (TPSA) is 49.8 Å². The second-order valence-corrected chi connectivity index (χ2v) is 6.49. The van der Waals surface area contributed by atoms with E-state index in [0.717, 1.165) is 12.8 Å². The van der Waals surface area contributed by atoms with Crippen LogP contribution in [-0.2, 0) is 0 Å². The Kier molecular flexibility index (Phi) is 4.63. The summed E-state index contributed by atoms with van der Waals surface area (Å²) in [5.74, 6) is 0.0850. The fourth-order valence-corrected chi connectivity index (χ4v) is 3.32. The first-order valence-electron chi connectivity index (χ1n) is 7.46. The number of hydrogen-bond donors (Lipinski definition) is 1. The van der Waals surface area contributed by atoms with Crippen LogP contribution in [0, 0.1) is 5.82 Å². The molecule has 1 aromatic heterocycles. The molecule has 1 fully saturated rings. The van der Waals surface area contributed by atoms with Gasteiger partial charge in [0, 0.05) is 6.04 Å². The number of halogens is 1. The van der Waals surface area contributed by atoms with E-state index in [4.69, 9.17) is 4.74 Å². The zero-order valence-corrected chi connectivity index (χ0v) is 13.6. The number of carbonyl (C=O) groups is 1. The van der Waals surface area contributed by atoms with E-state index in [0.29, 0.717) is 16.2 Å². The molecule has 1 atom stereocenters. The van der Waals surface area contributed by atoms with Crippen molar-refractivity contribution in [2.75, 3.05) is 13.7 Å². The number of aliphatic hydroxyl groups is 1. The van der Waals surface area contributed by atoms with E-state index in [1.165, 1.54) is 30.6 Å². The normalized spacial score (nSPS) is 15.3. The van der Waals surface area contributed by atoms with Crippen LogP contribution < -0.4 is 4.74 Å². The number of carbonyl (C=O) groups excluding carboxylic acids is 1. The molecule has 3 rings (SSSR count). The van der Waals surface area contributed by atoms with Gasteiger partial charge in [-0.15, -0.1) is 11.3 Å². The summed E-state index contributed by atoms with van der Waals surface area (Å²) >= 11 is 1.33. The van der Waals surface area contributed by atoms with E-state index in [1.807, 2.05) is 5.38 Å². The van der Waals surface area contributed by atoms with Gasteiger partial charge in [-0.2, -0.15) is 0 Å². The first-order valence-corrected chi connectivity index (χ1v) is 8.34. The van der Waals surface area contributed by atoms with Crippen molar-refractivity contribution in [2.24, 2.45) is 0 Å². The lowest BCUT2D eigenvalue weighted by molar-refractivity contribution is 0.0605. The lowest BCUT2D eigenvalue weighted by atomic mass is 10.1. The Morgan fingerprint density at radius 1 is 1.39 bits per heavy atom. The van der Waals surface area contributed by atoms with Gasteiger partial charge < -0.3 is 14.7 Å². The molecule has 0 bridgehead atoms. The third-order valence-corrected chi connectivity index (χ3v) is 4.80. The van der Waals surface area contributed by atoms with Gasteiger partial charge in [-0.3, -0.25) is 4.79 Å². The van der Waals surface area contributed by atoms with Crippen LogP contribution in [0.15, 0.2) is 35.7 Å². The summed E-state index contributed by atoms with van der Waals surface area (Å²) < 4.78 is 18.2. The highest BCUT2D eigenvalue weighted by molar-refractivity contribution is 7.12. The number of aliphatic hydroxyl groups excluding tert-OH is 1. The average Bonchev–Trinajstić information content (AvgIpc) is 3.28. The van der Waals surface area contributed by atoms with Crippen LogP contribution in [0.4, 0.5) is 4.39 Å². The van der Waals surface area contributed by atoms with Gasteiger partial charge in [-0.1, -0.05) is 12.1 Å². The minimum absolute atomic E-state index is 0.125. The molecule has 2 aromatic rings. The molecule has 6 heteroatoms. The van der Waals surface area contributed by atoms with Crippen LogP contribution in [0.3, 0.4) is 0 Å². The molecule has 1 aliphatic rings. The van der Waals surface area contributed by atoms with Crippen LogP contribution >= 0.6 is 11.3 Å².